The van der Waals surface area contributed by atoms with Crippen molar-refractivity contribution >= 4 is 63.6 Å². The molecular weight excluding hydrogens is 454 g/mol. The average molecular weight is 474 g/mol. The number of anilines is 1. The van der Waals surface area contributed by atoms with Gasteiger partial charge in [-0.15, -0.1) is 0 Å². The summed E-state index contributed by atoms with van der Waals surface area (Å²) >= 11 is 6.27. The van der Waals surface area contributed by atoms with E-state index in [4.69, 9.17) is 17.0 Å². The Hall–Kier alpha value is -3.25. The van der Waals surface area contributed by atoms with Crippen LogP contribution in [-0.2, 0) is 19.1 Å². The number of likely N-dealkylation sites (N-methyl/N-ethyl adjacent to an activating group) is 1. The van der Waals surface area contributed by atoms with Crippen molar-refractivity contribution in [3.8, 4) is 0 Å². The lowest BCUT2D eigenvalue weighted by Crippen LogP contribution is -2.57. The SMILES string of the molecule is COC(=O)C[C@H]1C(=O)NCCN1c1nc2ccccn2c(=O)c1/C=C1/SC(=S)N(C)C1=O. The summed E-state index contributed by atoms with van der Waals surface area (Å²) in [7, 11) is 2.80. The van der Waals surface area contributed by atoms with Gasteiger partial charge in [0.25, 0.3) is 11.5 Å². The van der Waals surface area contributed by atoms with E-state index in [2.05, 4.69) is 10.3 Å². The van der Waals surface area contributed by atoms with Gasteiger partial charge in [-0.2, -0.15) is 0 Å². The van der Waals surface area contributed by atoms with Crippen molar-refractivity contribution in [2.24, 2.45) is 0 Å². The van der Waals surface area contributed by atoms with Gasteiger partial charge in [0.1, 0.15) is 21.8 Å². The molecule has 32 heavy (non-hydrogen) atoms. The molecule has 2 aliphatic rings. The summed E-state index contributed by atoms with van der Waals surface area (Å²) in [5.41, 5.74) is 0.0949. The number of ether oxygens (including phenoxy) is 1. The Kier molecular flexibility index (Phi) is 5.98. The summed E-state index contributed by atoms with van der Waals surface area (Å²) in [5.74, 6) is -1.05. The fourth-order valence-electron chi connectivity index (χ4n) is 3.53. The number of hydrogen-bond donors (Lipinski definition) is 1. The minimum Gasteiger partial charge on any atom is -0.469 e. The molecule has 2 amide bonds. The lowest BCUT2D eigenvalue weighted by Gasteiger charge is -2.36. The molecule has 0 bridgehead atoms. The first-order chi connectivity index (χ1) is 15.3. The normalized spacial score (nSPS) is 20.2. The summed E-state index contributed by atoms with van der Waals surface area (Å²) in [6.07, 6.45) is 2.81. The molecule has 2 fully saturated rings. The van der Waals surface area contributed by atoms with Crippen LogP contribution < -0.4 is 15.8 Å². The Morgan fingerprint density at radius 2 is 2.16 bits per heavy atom. The fourth-order valence-corrected chi connectivity index (χ4v) is 4.69. The number of thiocarbonyl (C=S) groups is 1. The maximum atomic E-state index is 13.4. The Balaban J connectivity index is 1.91. The quantitative estimate of drug-likeness (QED) is 0.383. The highest BCUT2D eigenvalue weighted by atomic mass is 32.2. The first kappa shape index (κ1) is 22.0. The van der Waals surface area contributed by atoms with Crippen molar-refractivity contribution in [2.75, 3.05) is 32.1 Å². The number of carbonyl (C=O) groups excluding carboxylic acids is 3. The van der Waals surface area contributed by atoms with Gasteiger partial charge in [-0.1, -0.05) is 30.0 Å². The van der Waals surface area contributed by atoms with E-state index >= 15 is 0 Å². The monoisotopic (exact) mass is 473 g/mol. The number of pyridine rings is 1. The van der Waals surface area contributed by atoms with Gasteiger partial charge < -0.3 is 15.0 Å². The van der Waals surface area contributed by atoms with Gasteiger partial charge in [0.15, 0.2) is 0 Å². The Labute approximate surface area is 192 Å². The molecule has 0 aromatic carbocycles. The van der Waals surface area contributed by atoms with Crippen LogP contribution >= 0.6 is 24.0 Å². The largest absolute Gasteiger partial charge is 0.469 e. The highest BCUT2D eigenvalue weighted by Crippen LogP contribution is 2.33. The first-order valence-corrected chi connectivity index (χ1v) is 10.9. The summed E-state index contributed by atoms with van der Waals surface area (Å²) in [5, 5.41) is 2.73. The van der Waals surface area contributed by atoms with E-state index in [1.807, 2.05) is 0 Å². The van der Waals surface area contributed by atoms with Crippen LogP contribution in [0.1, 0.15) is 12.0 Å². The summed E-state index contributed by atoms with van der Waals surface area (Å²) < 4.78 is 6.48. The van der Waals surface area contributed by atoms with Crippen molar-refractivity contribution in [3.63, 3.8) is 0 Å². The van der Waals surface area contributed by atoms with Crippen LogP contribution in [0.15, 0.2) is 34.1 Å². The van der Waals surface area contributed by atoms with Crippen molar-refractivity contribution in [3.05, 3.63) is 45.2 Å². The van der Waals surface area contributed by atoms with Crippen molar-refractivity contribution in [2.45, 2.75) is 12.5 Å². The molecule has 2 aromatic rings. The topological polar surface area (TPSA) is 113 Å². The van der Waals surface area contributed by atoms with Crippen molar-refractivity contribution in [1.29, 1.82) is 0 Å². The van der Waals surface area contributed by atoms with E-state index < -0.39 is 17.6 Å². The molecule has 0 saturated carbocycles. The third kappa shape index (κ3) is 3.86. The molecule has 2 aliphatic heterocycles. The van der Waals surface area contributed by atoms with Crippen LogP contribution in [0.2, 0.25) is 0 Å². The number of piperazine rings is 1. The Morgan fingerprint density at radius 3 is 2.84 bits per heavy atom. The van der Waals surface area contributed by atoms with E-state index in [1.165, 1.54) is 22.5 Å². The van der Waals surface area contributed by atoms with Crippen LogP contribution in [-0.4, -0.2) is 69.7 Å². The van der Waals surface area contributed by atoms with Crippen molar-refractivity contribution < 1.29 is 19.1 Å². The van der Waals surface area contributed by atoms with Crippen molar-refractivity contribution in [1.82, 2.24) is 19.6 Å². The van der Waals surface area contributed by atoms with E-state index in [9.17, 15) is 19.2 Å². The van der Waals surface area contributed by atoms with Gasteiger partial charge in [-0.3, -0.25) is 28.5 Å². The minimum atomic E-state index is -0.915. The second-order valence-corrected chi connectivity index (χ2v) is 8.78. The van der Waals surface area contributed by atoms with Gasteiger partial charge in [0, 0.05) is 26.3 Å². The number of amides is 2. The van der Waals surface area contributed by atoms with Gasteiger partial charge in [0.2, 0.25) is 5.91 Å². The highest BCUT2D eigenvalue weighted by Gasteiger charge is 2.36. The molecule has 2 aromatic heterocycles. The Bertz CT molecular complexity index is 1240. The van der Waals surface area contributed by atoms with Gasteiger partial charge in [0.05, 0.1) is 24.0 Å². The van der Waals surface area contributed by atoms with Crippen LogP contribution in [0.5, 0.6) is 0 Å². The smallest absolute Gasteiger partial charge is 0.308 e. The maximum Gasteiger partial charge on any atom is 0.308 e. The summed E-state index contributed by atoms with van der Waals surface area (Å²) in [6.45, 7) is 0.626. The third-order valence-electron chi connectivity index (χ3n) is 5.20. The lowest BCUT2D eigenvalue weighted by molar-refractivity contribution is -0.143. The fraction of sp³-hybridized carbons (Fsp3) is 0.300. The maximum absolute atomic E-state index is 13.4. The number of hydrogen-bond acceptors (Lipinski definition) is 9. The number of nitrogens with zero attached hydrogens (tertiary/aromatic N) is 4. The molecule has 2 saturated heterocycles. The number of methoxy groups -OCH3 is 1. The zero-order valence-corrected chi connectivity index (χ0v) is 18.9. The molecule has 1 atom stereocenters. The van der Waals surface area contributed by atoms with E-state index in [1.54, 1.807) is 36.3 Å². The molecule has 1 N–H and O–H groups in total. The van der Waals surface area contributed by atoms with Crippen LogP contribution in [0.3, 0.4) is 0 Å². The number of rotatable bonds is 4. The molecule has 0 spiro atoms. The molecule has 0 radical (unpaired) electrons. The summed E-state index contributed by atoms with van der Waals surface area (Å²) in [4.78, 5) is 58.4. The van der Waals surface area contributed by atoms with E-state index in [0.717, 1.165) is 11.8 Å². The molecule has 4 heterocycles. The number of nitrogens with one attached hydrogen (secondary N) is 1. The minimum absolute atomic E-state index is 0.132. The standard InChI is InChI=1S/C20H19N5O5S2/c1-23-19(29)13(32-20(23)31)9-11-16(22-14-5-3-4-7-25(14)18(11)28)24-8-6-21-17(27)12(24)10-15(26)30-2/h3-5,7,9,12H,6,8,10H2,1-2H3,(H,21,27)/b13-9+/t12-/m0/s1. The number of esters is 1. The second-order valence-electron chi connectivity index (χ2n) is 7.10. The summed E-state index contributed by atoms with van der Waals surface area (Å²) in [6, 6.07) is 4.18. The number of fused-ring (bicyclic) bond motifs is 1. The zero-order valence-electron chi connectivity index (χ0n) is 17.2. The molecule has 0 aliphatic carbocycles. The van der Waals surface area contributed by atoms with E-state index in [-0.39, 0.29) is 34.5 Å². The highest BCUT2D eigenvalue weighted by molar-refractivity contribution is 8.26. The Morgan fingerprint density at radius 1 is 1.38 bits per heavy atom. The second kappa shape index (κ2) is 8.71. The molecule has 166 valence electrons. The first-order valence-electron chi connectivity index (χ1n) is 9.66. The molecule has 0 unspecified atom stereocenters. The predicted molar refractivity (Wildman–Crippen MR) is 123 cm³/mol. The number of carbonyl (C=O) groups is 3. The molecule has 4 rings (SSSR count). The zero-order chi connectivity index (χ0) is 23.0. The molecule has 12 heteroatoms. The molecular formula is C20H19N5O5S2. The van der Waals surface area contributed by atoms with Crippen LogP contribution in [0.25, 0.3) is 11.7 Å². The molecule has 10 nitrogen and oxygen atoms in total. The number of aromatic nitrogens is 2. The van der Waals surface area contributed by atoms with Crippen LogP contribution in [0.4, 0.5) is 5.82 Å². The van der Waals surface area contributed by atoms with E-state index in [0.29, 0.717) is 23.1 Å². The van der Waals surface area contributed by atoms with Crippen LogP contribution in [0, 0.1) is 0 Å². The van der Waals surface area contributed by atoms with Gasteiger partial charge >= 0.3 is 5.97 Å². The third-order valence-corrected chi connectivity index (χ3v) is 6.69. The average Bonchev–Trinajstić information content (AvgIpc) is 3.03. The predicted octanol–water partition coefficient (Wildman–Crippen LogP) is 0.393. The number of thioether (sulfide) groups is 1. The lowest BCUT2D eigenvalue weighted by atomic mass is 10.1. The van der Waals surface area contributed by atoms with Gasteiger partial charge in [-0.05, 0) is 18.2 Å². The van der Waals surface area contributed by atoms with Gasteiger partial charge in [-0.25, -0.2) is 4.98 Å².